The maximum atomic E-state index is 12.7. The van der Waals surface area contributed by atoms with E-state index in [0.29, 0.717) is 30.3 Å². The van der Waals surface area contributed by atoms with Crippen molar-refractivity contribution in [1.82, 2.24) is 14.9 Å². The van der Waals surface area contributed by atoms with E-state index < -0.39 is 29.8 Å². The van der Waals surface area contributed by atoms with Crippen LogP contribution in [0.25, 0.3) is 0 Å². The van der Waals surface area contributed by atoms with Crippen LogP contribution in [0.2, 0.25) is 0 Å². The maximum absolute atomic E-state index is 12.7. The molecule has 0 saturated heterocycles. The monoisotopic (exact) mass is 383 g/mol. The summed E-state index contributed by atoms with van der Waals surface area (Å²) in [5, 5.41) is 2.56. The minimum atomic E-state index is -4.59. The molecule has 0 saturated carbocycles. The number of nitrogens with one attached hydrogen (secondary N) is 1. The number of hydrogen-bond donors (Lipinski definition) is 1. The molecule has 0 fully saturated rings. The van der Waals surface area contributed by atoms with Crippen LogP contribution in [-0.4, -0.2) is 22.1 Å². The van der Waals surface area contributed by atoms with Crippen molar-refractivity contribution in [3.63, 3.8) is 0 Å². The van der Waals surface area contributed by atoms with Crippen LogP contribution in [0.3, 0.4) is 0 Å². The average Bonchev–Trinajstić information content (AvgIpc) is 2.62. The van der Waals surface area contributed by atoms with Gasteiger partial charge in [-0.25, -0.2) is 4.98 Å². The van der Waals surface area contributed by atoms with Crippen molar-refractivity contribution in [2.75, 3.05) is 6.61 Å². The summed E-state index contributed by atoms with van der Waals surface area (Å²) in [7, 11) is 0. The van der Waals surface area contributed by atoms with Crippen LogP contribution in [0.5, 0.6) is 5.88 Å². The fourth-order valence-electron chi connectivity index (χ4n) is 2.23. The van der Waals surface area contributed by atoms with Gasteiger partial charge in [-0.1, -0.05) is 19.4 Å². The molecule has 2 aromatic heterocycles. The van der Waals surface area contributed by atoms with Gasteiger partial charge in [0.15, 0.2) is 0 Å². The molecular formula is C18H20F3N3O3. The summed E-state index contributed by atoms with van der Waals surface area (Å²) < 4.78 is 44.5. The topological polar surface area (TPSA) is 73.2 Å². The molecule has 0 aliphatic carbocycles. The van der Waals surface area contributed by atoms with Crippen molar-refractivity contribution in [3.8, 4) is 5.88 Å². The van der Waals surface area contributed by atoms with E-state index in [2.05, 4.69) is 10.3 Å². The molecule has 0 bridgehead atoms. The van der Waals surface area contributed by atoms with Crippen LogP contribution in [0.4, 0.5) is 13.2 Å². The molecule has 6 nitrogen and oxygen atoms in total. The van der Waals surface area contributed by atoms with Gasteiger partial charge in [0.25, 0.3) is 5.56 Å². The highest BCUT2D eigenvalue weighted by molar-refractivity contribution is 5.75. The summed E-state index contributed by atoms with van der Waals surface area (Å²) in [6, 6.07) is 4.89. The Labute approximate surface area is 154 Å². The first kappa shape index (κ1) is 20.5. The number of carbonyl (C=O) groups excluding carboxylic acids is 1. The van der Waals surface area contributed by atoms with Gasteiger partial charge in [-0.3, -0.25) is 9.59 Å². The van der Waals surface area contributed by atoms with Crippen molar-refractivity contribution < 1.29 is 22.7 Å². The van der Waals surface area contributed by atoms with E-state index in [0.717, 1.165) is 23.5 Å². The number of amides is 1. The summed E-state index contributed by atoms with van der Waals surface area (Å²) in [6.07, 6.45) is -0.572. The van der Waals surface area contributed by atoms with E-state index in [4.69, 9.17) is 4.74 Å². The molecule has 0 radical (unpaired) electrons. The third-order valence-corrected chi connectivity index (χ3v) is 3.69. The number of rotatable bonds is 8. The molecule has 1 amide bonds. The van der Waals surface area contributed by atoms with Crippen LogP contribution in [-0.2, 0) is 24.1 Å². The molecule has 9 heteroatoms. The zero-order chi connectivity index (χ0) is 19.9. The average molecular weight is 383 g/mol. The molecular weight excluding hydrogens is 363 g/mol. The number of hydrogen-bond acceptors (Lipinski definition) is 4. The van der Waals surface area contributed by atoms with Gasteiger partial charge in [-0.15, -0.1) is 0 Å². The lowest BCUT2D eigenvalue weighted by Gasteiger charge is -2.12. The highest BCUT2D eigenvalue weighted by Gasteiger charge is 2.31. The third kappa shape index (κ3) is 6.12. The standard InChI is InChI=1S/C18H20F3N3O3/c1-2-3-9-27-17-13(5-4-8-22-17)10-23-15(25)12-24-11-14(18(19,20)21)6-7-16(24)26/h4-8,11H,2-3,9-10,12H2,1H3,(H,23,25). The number of alkyl halides is 3. The zero-order valence-corrected chi connectivity index (χ0v) is 14.8. The Hall–Kier alpha value is -2.84. The highest BCUT2D eigenvalue weighted by atomic mass is 19.4. The Balaban J connectivity index is 2.00. The van der Waals surface area contributed by atoms with E-state index >= 15 is 0 Å². The smallest absolute Gasteiger partial charge is 0.417 e. The van der Waals surface area contributed by atoms with E-state index in [1.165, 1.54) is 0 Å². The van der Waals surface area contributed by atoms with Crippen LogP contribution in [0.1, 0.15) is 30.9 Å². The number of carbonyl (C=O) groups is 1. The fraction of sp³-hybridized carbons (Fsp3) is 0.389. The number of halogens is 3. The Bertz CT molecular complexity index is 834. The van der Waals surface area contributed by atoms with Gasteiger partial charge in [0.2, 0.25) is 11.8 Å². The number of unbranched alkanes of at least 4 members (excludes halogenated alkanes) is 1. The number of nitrogens with zero attached hydrogens (tertiary/aromatic N) is 2. The lowest BCUT2D eigenvalue weighted by Crippen LogP contribution is -2.32. The zero-order valence-electron chi connectivity index (χ0n) is 14.8. The van der Waals surface area contributed by atoms with Crippen molar-refractivity contribution in [1.29, 1.82) is 0 Å². The predicted octanol–water partition coefficient (Wildman–Crippen LogP) is 2.76. The lowest BCUT2D eigenvalue weighted by molar-refractivity contribution is -0.138. The first-order valence-electron chi connectivity index (χ1n) is 8.42. The van der Waals surface area contributed by atoms with Crippen molar-refractivity contribution in [3.05, 3.63) is 58.1 Å². The van der Waals surface area contributed by atoms with E-state index in [9.17, 15) is 22.8 Å². The molecule has 0 aromatic carbocycles. The van der Waals surface area contributed by atoms with E-state index in [-0.39, 0.29) is 6.54 Å². The molecule has 0 aliphatic heterocycles. The van der Waals surface area contributed by atoms with Crippen LogP contribution in [0.15, 0.2) is 41.5 Å². The third-order valence-electron chi connectivity index (χ3n) is 3.69. The second kappa shape index (κ2) is 9.20. The molecule has 27 heavy (non-hydrogen) atoms. The van der Waals surface area contributed by atoms with E-state index in [1.54, 1.807) is 18.3 Å². The summed E-state index contributed by atoms with van der Waals surface area (Å²) >= 11 is 0. The second-order valence-corrected chi connectivity index (χ2v) is 5.83. The normalized spacial score (nSPS) is 11.3. The van der Waals surface area contributed by atoms with Gasteiger partial charge in [0, 0.05) is 30.6 Å². The van der Waals surface area contributed by atoms with Crippen LogP contribution in [0, 0.1) is 0 Å². The van der Waals surface area contributed by atoms with Gasteiger partial charge >= 0.3 is 6.18 Å². The van der Waals surface area contributed by atoms with Gasteiger partial charge < -0.3 is 14.6 Å². The molecule has 0 spiro atoms. The number of pyridine rings is 2. The first-order chi connectivity index (χ1) is 12.8. The Morgan fingerprint density at radius 2 is 2.07 bits per heavy atom. The van der Waals surface area contributed by atoms with Crippen LogP contribution >= 0.6 is 0 Å². The molecule has 1 N–H and O–H groups in total. The molecule has 2 heterocycles. The van der Waals surface area contributed by atoms with Crippen molar-refractivity contribution in [2.45, 2.75) is 39.0 Å². The SMILES string of the molecule is CCCCOc1ncccc1CNC(=O)Cn1cc(C(F)(F)F)ccc1=O. The molecule has 0 atom stereocenters. The minimum absolute atomic E-state index is 0.0852. The molecule has 146 valence electrons. The fourth-order valence-corrected chi connectivity index (χ4v) is 2.23. The molecule has 2 rings (SSSR count). The molecule has 2 aromatic rings. The summed E-state index contributed by atoms with van der Waals surface area (Å²) in [5.41, 5.74) is -1.05. The quantitative estimate of drug-likeness (QED) is 0.712. The Kier molecular flexibility index (Phi) is 6.98. The summed E-state index contributed by atoms with van der Waals surface area (Å²) in [5.74, 6) is -0.206. The Morgan fingerprint density at radius 1 is 1.30 bits per heavy atom. The van der Waals surface area contributed by atoms with Gasteiger partial charge in [0.05, 0.1) is 12.2 Å². The maximum Gasteiger partial charge on any atom is 0.417 e. The lowest BCUT2D eigenvalue weighted by atomic mass is 10.2. The summed E-state index contributed by atoms with van der Waals surface area (Å²) in [4.78, 5) is 27.9. The van der Waals surface area contributed by atoms with Crippen molar-refractivity contribution in [2.24, 2.45) is 0 Å². The van der Waals surface area contributed by atoms with Crippen molar-refractivity contribution >= 4 is 5.91 Å². The highest BCUT2D eigenvalue weighted by Crippen LogP contribution is 2.27. The summed E-state index contributed by atoms with van der Waals surface area (Å²) in [6.45, 7) is 2.09. The van der Waals surface area contributed by atoms with Crippen LogP contribution < -0.4 is 15.6 Å². The minimum Gasteiger partial charge on any atom is -0.477 e. The first-order valence-corrected chi connectivity index (χ1v) is 8.42. The van der Waals surface area contributed by atoms with Gasteiger partial charge in [-0.2, -0.15) is 13.2 Å². The van der Waals surface area contributed by atoms with Gasteiger partial charge in [0.1, 0.15) is 6.54 Å². The molecule has 0 unspecified atom stereocenters. The number of ether oxygens (including phenoxy) is 1. The van der Waals surface area contributed by atoms with Gasteiger partial charge in [-0.05, 0) is 18.6 Å². The number of aromatic nitrogens is 2. The Morgan fingerprint density at radius 3 is 2.78 bits per heavy atom. The largest absolute Gasteiger partial charge is 0.477 e. The predicted molar refractivity (Wildman–Crippen MR) is 92.2 cm³/mol. The second-order valence-electron chi connectivity index (χ2n) is 5.83. The molecule has 0 aliphatic rings. The van der Waals surface area contributed by atoms with E-state index in [1.807, 2.05) is 6.92 Å².